The van der Waals surface area contributed by atoms with Crippen LogP contribution in [0.3, 0.4) is 0 Å². The lowest BCUT2D eigenvalue weighted by Crippen LogP contribution is -2.46. The number of hydrogen-bond donors (Lipinski definition) is 1. The molecule has 29 heavy (non-hydrogen) atoms. The minimum absolute atomic E-state index is 0.0794. The molecular weight excluding hydrogens is 368 g/mol. The Morgan fingerprint density at radius 1 is 1.00 bits per heavy atom. The smallest absolute Gasteiger partial charge is 0.261 e. The molecule has 0 bridgehead atoms. The third kappa shape index (κ3) is 3.55. The van der Waals surface area contributed by atoms with Gasteiger partial charge in [0.25, 0.3) is 5.56 Å². The molecule has 1 saturated heterocycles. The molecular formula is C21H24N6O2. The van der Waals surface area contributed by atoms with Crippen molar-refractivity contribution in [2.75, 3.05) is 42.6 Å². The van der Waals surface area contributed by atoms with E-state index in [1.165, 1.54) is 29.4 Å². The zero-order valence-electron chi connectivity index (χ0n) is 16.2. The minimum atomic E-state index is -0.115. The number of aliphatic hydroxyl groups excluding tert-OH is 1. The highest BCUT2D eigenvalue weighted by molar-refractivity contribution is 5.81. The Morgan fingerprint density at radius 2 is 1.79 bits per heavy atom. The van der Waals surface area contributed by atoms with Crippen LogP contribution < -0.4 is 15.4 Å². The maximum absolute atomic E-state index is 12.5. The fourth-order valence-electron chi connectivity index (χ4n) is 3.94. The molecule has 3 heterocycles. The molecule has 0 spiro atoms. The Morgan fingerprint density at radius 3 is 2.55 bits per heavy atom. The lowest BCUT2D eigenvalue weighted by molar-refractivity contribution is 0.274. The predicted octanol–water partition coefficient (Wildman–Crippen LogP) is 1.38. The van der Waals surface area contributed by atoms with Gasteiger partial charge in [-0.15, -0.1) is 0 Å². The zero-order valence-corrected chi connectivity index (χ0v) is 16.2. The number of aliphatic hydroxyl groups is 1. The summed E-state index contributed by atoms with van der Waals surface area (Å²) in [5.41, 5.74) is 2.82. The van der Waals surface area contributed by atoms with E-state index in [0.717, 1.165) is 37.7 Å². The van der Waals surface area contributed by atoms with E-state index >= 15 is 0 Å². The maximum atomic E-state index is 12.5. The van der Waals surface area contributed by atoms with Crippen molar-refractivity contribution >= 4 is 22.4 Å². The molecule has 0 amide bonds. The second-order valence-electron chi connectivity index (χ2n) is 7.72. The number of rotatable bonds is 5. The molecule has 8 heteroatoms. The van der Waals surface area contributed by atoms with Crippen LogP contribution in [0.2, 0.25) is 0 Å². The fourth-order valence-corrected chi connectivity index (χ4v) is 3.94. The number of aromatic nitrogens is 4. The summed E-state index contributed by atoms with van der Waals surface area (Å²) in [7, 11) is 0. The van der Waals surface area contributed by atoms with Crippen LogP contribution in [0, 0.1) is 0 Å². The minimum Gasteiger partial charge on any atom is -0.395 e. The van der Waals surface area contributed by atoms with Crippen molar-refractivity contribution in [2.24, 2.45) is 0 Å². The van der Waals surface area contributed by atoms with E-state index in [-0.39, 0.29) is 18.7 Å². The van der Waals surface area contributed by atoms with Gasteiger partial charge >= 0.3 is 0 Å². The van der Waals surface area contributed by atoms with Crippen LogP contribution >= 0.6 is 0 Å². The van der Waals surface area contributed by atoms with Crippen LogP contribution in [0.15, 0.2) is 41.7 Å². The van der Waals surface area contributed by atoms with Gasteiger partial charge in [0.15, 0.2) is 0 Å². The first kappa shape index (κ1) is 18.1. The summed E-state index contributed by atoms with van der Waals surface area (Å²) < 4.78 is 1.44. The number of anilines is 2. The molecule has 2 aromatic heterocycles. The highest BCUT2D eigenvalue weighted by Crippen LogP contribution is 2.39. The first-order chi connectivity index (χ1) is 14.2. The lowest BCUT2D eigenvalue weighted by atomic mass is 10.2. The van der Waals surface area contributed by atoms with Gasteiger partial charge in [0.05, 0.1) is 30.4 Å². The summed E-state index contributed by atoms with van der Waals surface area (Å²) >= 11 is 0. The topological polar surface area (TPSA) is 87.4 Å². The summed E-state index contributed by atoms with van der Waals surface area (Å²) in [6.45, 7) is 3.74. The molecule has 1 N–H and O–H groups in total. The van der Waals surface area contributed by atoms with Gasteiger partial charge in [0, 0.05) is 49.5 Å². The van der Waals surface area contributed by atoms with Gasteiger partial charge in [0.1, 0.15) is 12.1 Å². The van der Waals surface area contributed by atoms with Gasteiger partial charge in [-0.2, -0.15) is 0 Å². The van der Waals surface area contributed by atoms with E-state index in [4.69, 9.17) is 5.11 Å². The van der Waals surface area contributed by atoms with Crippen molar-refractivity contribution in [3.63, 3.8) is 0 Å². The van der Waals surface area contributed by atoms with Crippen molar-refractivity contribution in [3.8, 4) is 0 Å². The molecule has 1 saturated carbocycles. The quantitative estimate of drug-likeness (QED) is 0.702. The van der Waals surface area contributed by atoms with E-state index in [1.807, 2.05) is 18.2 Å². The van der Waals surface area contributed by atoms with E-state index in [2.05, 4.69) is 30.8 Å². The third-order valence-electron chi connectivity index (χ3n) is 5.79. The van der Waals surface area contributed by atoms with E-state index in [1.54, 1.807) is 6.33 Å². The van der Waals surface area contributed by atoms with Crippen molar-refractivity contribution in [1.29, 1.82) is 0 Å². The highest BCUT2D eigenvalue weighted by Gasteiger charge is 2.26. The number of piperazine rings is 1. The summed E-state index contributed by atoms with van der Waals surface area (Å²) in [4.78, 5) is 30.4. The molecule has 150 valence electrons. The third-order valence-corrected chi connectivity index (χ3v) is 5.79. The van der Waals surface area contributed by atoms with Crippen LogP contribution in [0.1, 0.15) is 24.5 Å². The normalized spacial score (nSPS) is 17.1. The van der Waals surface area contributed by atoms with Gasteiger partial charge in [-0.3, -0.25) is 9.36 Å². The summed E-state index contributed by atoms with van der Waals surface area (Å²) in [5.74, 6) is 1.65. The van der Waals surface area contributed by atoms with E-state index < -0.39 is 0 Å². The lowest BCUT2D eigenvalue weighted by Gasteiger charge is -2.36. The molecule has 5 rings (SSSR count). The molecule has 0 unspecified atom stereocenters. The molecule has 1 aliphatic carbocycles. The molecule has 2 aliphatic rings. The Kier molecular flexibility index (Phi) is 4.63. The fraction of sp³-hybridized carbons (Fsp3) is 0.429. The number of fused-ring (bicyclic) bond motifs is 1. The SMILES string of the molecule is O=c1c2ccc(N3CCN(c4cc(C5CC5)ncn4)CC3)cc2ncn1CCO. The van der Waals surface area contributed by atoms with Gasteiger partial charge in [-0.05, 0) is 31.0 Å². The van der Waals surface area contributed by atoms with Crippen LogP contribution in [-0.2, 0) is 6.54 Å². The number of nitrogens with zero attached hydrogens (tertiary/aromatic N) is 6. The van der Waals surface area contributed by atoms with E-state index in [9.17, 15) is 4.79 Å². The Bertz CT molecular complexity index is 1090. The molecule has 8 nitrogen and oxygen atoms in total. The van der Waals surface area contributed by atoms with Crippen LogP contribution in [0.4, 0.5) is 11.5 Å². The first-order valence-corrected chi connectivity index (χ1v) is 10.1. The number of hydrogen-bond acceptors (Lipinski definition) is 7. The molecule has 1 aromatic carbocycles. The average molecular weight is 392 g/mol. The average Bonchev–Trinajstić information content (AvgIpc) is 3.61. The standard InChI is InChI=1S/C21H24N6O2/c28-10-9-27-14-24-19-11-16(3-4-17(19)21(27)29)25-5-7-26(8-6-25)20-12-18(15-1-2-15)22-13-23-20/h3-4,11-15,28H,1-2,5-10H2. The summed E-state index contributed by atoms with van der Waals surface area (Å²) in [6, 6.07) is 7.95. The van der Waals surface area contributed by atoms with E-state index in [0.29, 0.717) is 16.8 Å². The summed E-state index contributed by atoms with van der Waals surface area (Å²) in [5, 5.41) is 9.65. The monoisotopic (exact) mass is 392 g/mol. The predicted molar refractivity (Wildman–Crippen MR) is 112 cm³/mol. The van der Waals surface area contributed by atoms with Gasteiger partial charge in [-0.1, -0.05) is 0 Å². The van der Waals surface area contributed by atoms with Gasteiger partial charge in [0.2, 0.25) is 0 Å². The molecule has 3 aromatic rings. The van der Waals surface area contributed by atoms with Gasteiger partial charge < -0.3 is 14.9 Å². The van der Waals surface area contributed by atoms with Crippen molar-refractivity contribution < 1.29 is 5.11 Å². The second kappa shape index (κ2) is 7.44. The Labute approximate surface area is 168 Å². The van der Waals surface area contributed by atoms with Crippen LogP contribution in [0.25, 0.3) is 10.9 Å². The zero-order chi connectivity index (χ0) is 19.8. The second-order valence-corrected chi connectivity index (χ2v) is 7.72. The van der Waals surface area contributed by atoms with Crippen molar-refractivity contribution in [1.82, 2.24) is 19.5 Å². The largest absolute Gasteiger partial charge is 0.395 e. The van der Waals surface area contributed by atoms with Crippen LogP contribution in [-0.4, -0.2) is 57.4 Å². The molecule has 0 radical (unpaired) electrons. The number of benzene rings is 1. The Hall–Kier alpha value is -3.00. The van der Waals surface area contributed by atoms with Crippen LogP contribution in [0.5, 0.6) is 0 Å². The van der Waals surface area contributed by atoms with Crippen molar-refractivity contribution in [2.45, 2.75) is 25.3 Å². The maximum Gasteiger partial charge on any atom is 0.261 e. The van der Waals surface area contributed by atoms with Crippen molar-refractivity contribution in [3.05, 3.63) is 53.0 Å². The molecule has 1 aliphatic heterocycles. The Balaban J connectivity index is 1.31. The van der Waals surface area contributed by atoms with Gasteiger partial charge in [-0.25, -0.2) is 15.0 Å². The first-order valence-electron chi connectivity index (χ1n) is 10.1. The summed E-state index contributed by atoms with van der Waals surface area (Å²) in [6.07, 6.45) is 5.68. The molecule has 2 fully saturated rings. The molecule has 0 atom stereocenters. The highest BCUT2D eigenvalue weighted by atomic mass is 16.3.